The van der Waals surface area contributed by atoms with Gasteiger partial charge in [-0.2, -0.15) is 5.10 Å². The van der Waals surface area contributed by atoms with E-state index in [4.69, 9.17) is 4.42 Å². The minimum absolute atomic E-state index is 0.280. The van der Waals surface area contributed by atoms with Crippen molar-refractivity contribution < 1.29 is 13.9 Å². The Bertz CT molecular complexity index is 712. The molecule has 0 aliphatic carbocycles. The Hall–Kier alpha value is -2.82. The zero-order valence-corrected chi connectivity index (χ0v) is 10.8. The topological polar surface area (TPSA) is 57.3 Å². The second-order valence-electron chi connectivity index (χ2n) is 4.16. The fourth-order valence-electron chi connectivity index (χ4n) is 1.90. The van der Waals surface area contributed by atoms with Crippen molar-refractivity contribution in [3.05, 3.63) is 60.6 Å². The number of hydrogen-bond donors (Lipinski definition) is 0. The van der Waals surface area contributed by atoms with Crippen LogP contribution in [0, 0.1) is 0 Å². The monoisotopic (exact) mass is 268 g/mol. The summed E-state index contributed by atoms with van der Waals surface area (Å²) in [7, 11) is 1.33. The number of rotatable bonds is 3. The Kier molecular flexibility index (Phi) is 3.09. The molecule has 0 atom stereocenters. The zero-order valence-electron chi connectivity index (χ0n) is 10.8. The Labute approximate surface area is 115 Å². The van der Waals surface area contributed by atoms with Crippen LogP contribution in [0.5, 0.6) is 0 Å². The first-order chi connectivity index (χ1) is 9.78. The smallest absolute Gasteiger partial charge is 0.358 e. The van der Waals surface area contributed by atoms with E-state index in [1.54, 1.807) is 23.2 Å². The van der Waals surface area contributed by atoms with Crippen LogP contribution < -0.4 is 0 Å². The highest BCUT2D eigenvalue weighted by atomic mass is 16.5. The van der Waals surface area contributed by atoms with Gasteiger partial charge in [-0.1, -0.05) is 0 Å². The highest BCUT2D eigenvalue weighted by Crippen LogP contribution is 2.21. The van der Waals surface area contributed by atoms with Gasteiger partial charge in [0.1, 0.15) is 5.76 Å². The number of nitrogens with zero attached hydrogens (tertiary/aromatic N) is 2. The number of furan rings is 1. The van der Waals surface area contributed by atoms with Gasteiger partial charge in [-0.15, -0.1) is 0 Å². The predicted molar refractivity (Wildman–Crippen MR) is 72.6 cm³/mol. The summed E-state index contributed by atoms with van der Waals surface area (Å²) in [5, 5.41) is 4.16. The van der Waals surface area contributed by atoms with Gasteiger partial charge in [0.15, 0.2) is 5.69 Å². The summed E-state index contributed by atoms with van der Waals surface area (Å²) >= 11 is 0. The number of ether oxygens (including phenoxy) is 1. The maximum absolute atomic E-state index is 11.4. The van der Waals surface area contributed by atoms with Crippen LogP contribution in [-0.2, 0) is 4.74 Å². The van der Waals surface area contributed by atoms with Gasteiger partial charge in [0, 0.05) is 11.8 Å². The van der Waals surface area contributed by atoms with Gasteiger partial charge in [0.05, 0.1) is 19.1 Å². The highest BCUT2D eigenvalue weighted by Gasteiger charge is 2.10. The number of carbonyl (C=O) groups is 1. The molecule has 0 unspecified atom stereocenters. The maximum Gasteiger partial charge on any atom is 0.358 e. The first kappa shape index (κ1) is 12.2. The van der Waals surface area contributed by atoms with Crippen molar-refractivity contribution in [3.8, 4) is 17.0 Å². The fraction of sp³-hybridized carbons (Fsp3) is 0.0667. The summed E-state index contributed by atoms with van der Waals surface area (Å²) in [6.07, 6.45) is 3.35. The summed E-state index contributed by atoms with van der Waals surface area (Å²) in [5.74, 6) is 0.364. The third-order valence-corrected chi connectivity index (χ3v) is 2.92. The lowest BCUT2D eigenvalue weighted by atomic mass is 10.1. The molecule has 0 spiro atoms. The average molecular weight is 268 g/mol. The summed E-state index contributed by atoms with van der Waals surface area (Å²) in [5.41, 5.74) is 2.12. The summed E-state index contributed by atoms with van der Waals surface area (Å²) in [6.45, 7) is 0. The van der Waals surface area contributed by atoms with E-state index in [1.165, 1.54) is 7.11 Å². The normalized spacial score (nSPS) is 10.4. The molecule has 0 amide bonds. The first-order valence-corrected chi connectivity index (χ1v) is 6.06. The Morgan fingerprint density at radius 2 is 2.00 bits per heavy atom. The molecule has 3 aromatic rings. The summed E-state index contributed by atoms with van der Waals surface area (Å²) in [6, 6.07) is 13.1. The molecular weight excluding hydrogens is 256 g/mol. The lowest BCUT2D eigenvalue weighted by Gasteiger charge is -2.02. The van der Waals surface area contributed by atoms with Crippen LogP contribution in [0.2, 0.25) is 0 Å². The van der Waals surface area contributed by atoms with Crippen molar-refractivity contribution in [2.75, 3.05) is 7.11 Å². The van der Waals surface area contributed by atoms with E-state index in [0.29, 0.717) is 0 Å². The molecular formula is C15H12N2O3. The summed E-state index contributed by atoms with van der Waals surface area (Å²) in [4.78, 5) is 11.4. The zero-order chi connectivity index (χ0) is 13.9. The van der Waals surface area contributed by atoms with E-state index < -0.39 is 5.97 Å². The molecule has 0 saturated carbocycles. The minimum Gasteiger partial charge on any atom is -0.464 e. The van der Waals surface area contributed by atoms with Crippen LogP contribution in [0.4, 0.5) is 0 Å². The number of methoxy groups -OCH3 is 1. The lowest BCUT2D eigenvalue weighted by molar-refractivity contribution is 0.0593. The van der Waals surface area contributed by atoms with Crippen LogP contribution in [0.15, 0.2) is 59.3 Å². The lowest BCUT2D eigenvalue weighted by Crippen LogP contribution is -2.03. The van der Waals surface area contributed by atoms with Gasteiger partial charge >= 0.3 is 5.97 Å². The Morgan fingerprint density at radius 3 is 2.65 bits per heavy atom. The van der Waals surface area contributed by atoms with Crippen LogP contribution in [0.3, 0.4) is 0 Å². The van der Waals surface area contributed by atoms with E-state index in [2.05, 4.69) is 9.84 Å². The number of hydrogen-bond acceptors (Lipinski definition) is 4. The van der Waals surface area contributed by atoms with E-state index in [0.717, 1.165) is 17.0 Å². The number of carbonyl (C=O) groups excluding carboxylic acids is 1. The van der Waals surface area contributed by atoms with Crippen molar-refractivity contribution in [1.82, 2.24) is 9.78 Å². The molecule has 100 valence electrons. The van der Waals surface area contributed by atoms with Crippen molar-refractivity contribution in [1.29, 1.82) is 0 Å². The third-order valence-electron chi connectivity index (χ3n) is 2.92. The van der Waals surface area contributed by atoms with E-state index in [1.807, 2.05) is 36.4 Å². The largest absolute Gasteiger partial charge is 0.464 e. The standard InChI is InChI=1S/C15H12N2O3/c1-19-15(18)13-8-9-17(16-13)12-6-4-11(5-7-12)14-3-2-10-20-14/h2-10H,1H3. The van der Waals surface area contributed by atoms with Gasteiger partial charge in [-0.25, -0.2) is 9.48 Å². The van der Waals surface area contributed by atoms with E-state index in [9.17, 15) is 4.79 Å². The van der Waals surface area contributed by atoms with Crippen molar-refractivity contribution in [2.24, 2.45) is 0 Å². The molecule has 0 bridgehead atoms. The van der Waals surface area contributed by atoms with Crippen LogP contribution in [0.25, 0.3) is 17.0 Å². The maximum atomic E-state index is 11.4. The predicted octanol–water partition coefficient (Wildman–Crippen LogP) is 2.92. The number of esters is 1. The molecule has 1 aromatic carbocycles. The minimum atomic E-state index is -0.448. The van der Waals surface area contributed by atoms with Gasteiger partial charge < -0.3 is 9.15 Å². The van der Waals surface area contributed by atoms with Crippen LogP contribution in [-0.4, -0.2) is 22.9 Å². The van der Waals surface area contributed by atoms with Gasteiger partial charge in [-0.05, 0) is 42.5 Å². The number of aromatic nitrogens is 2. The average Bonchev–Trinajstić information content (AvgIpc) is 3.18. The van der Waals surface area contributed by atoms with E-state index in [-0.39, 0.29) is 5.69 Å². The molecule has 0 aliphatic heterocycles. The van der Waals surface area contributed by atoms with Crippen LogP contribution >= 0.6 is 0 Å². The van der Waals surface area contributed by atoms with Gasteiger partial charge in [-0.3, -0.25) is 0 Å². The molecule has 0 fully saturated rings. The SMILES string of the molecule is COC(=O)c1ccn(-c2ccc(-c3ccco3)cc2)n1. The van der Waals surface area contributed by atoms with Crippen molar-refractivity contribution >= 4 is 5.97 Å². The molecule has 0 saturated heterocycles. The molecule has 5 nitrogen and oxygen atoms in total. The molecule has 0 aliphatic rings. The first-order valence-electron chi connectivity index (χ1n) is 6.06. The molecule has 0 N–H and O–H groups in total. The fourth-order valence-corrected chi connectivity index (χ4v) is 1.90. The third kappa shape index (κ3) is 2.21. The van der Waals surface area contributed by atoms with Gasteiger partial charge in [0.25, 0.3) is 0 Å². The second-order valence-corrected chi connectivity index (χ2v) is 4.16. The molecule has 2 aromatic heterocycles. The van der Waals surface area contributed by atoms with Gasteiger partial charge in [0.2, 0.25) is 0 Å². The molecule has 0 radical (unpaired) electrons. The Balaban J connectivity index is 1.88. The molecule has 2 heterocycles. The Morgan fingerprint density at radius 1 is 1.20 bits per heavy atom. The highest BCUT2D eigenvalue weighted by molar-refractivity contribution is 5.86. The quantitative estimate of drug-likeness (QED) is 0.685. The van der Waals surface area contributed by atoms with E-state index >= 15 is 0 Å². The summed E-state index contributed by atoms with van der Waals surface area (Å²) < 4.78 is 11.6. The number of benzene rings is 1. The molecule has 20 heavy (non-hydrogen) atoms. The molecule has 5 heteroatoms. The molecule has 3 rings (SSSR count). The second kappa shape index (κ2) is 5.05. The van der Waals surface area contributed by atoms with Crippen molar-refractivity contribution in [2.45, 2.75) is 0 Å². The van der Waals surface area contributed by atoms with Crippen LogP contribution in [0.1, 0.15) is 10.5 Å². The van der Waals surface area contributed by atoms with Crippen molar-refractivity contribution in [3.63, 3.8) is 0 Å².